The summed E-state index contributed by atoms with van der Waals surface area (Å²) in [6, 6.07) is 5.43. The molecule has 2 N–H and O–H groups in total. The van der Waals surface area contributed by atoms with Gasteiger partial charge in [0.15, 0.2) is 0 Å². The zero-order valence-electron chi connectivity index (χ0n) is 12.2. The minimum absolute atomic E-state index is 0.0991. The van der Waals surface area contributed by atoms with Crippen LogP contribution in [0.15, 0.2) is 18.2 Å². The molecule has 0 spiro atoms. The lowest BCUT2D eigenvalue weighted by molar-refractivity contribution is 0.368. The molecular formula is C16H22FN3. The predicted molar refractivity (Wildman–Crippen MR) is 79.3 cm³/mol. The predicted octanol–water partition coefficient (Wildman–Crippen LogP) is 3.53. The third-order valence-corrected chi connectivity index (χ3v) is 4.78. The van der Waals surface area contributed by atoms with Crippen LogP contribution in [0.25, 0.3) is 11.0 Å². The van der Waals surface area contributed by atoms with Gasteiger partial charge in [-0.15, -0.1) is 0 Å². The molecule has 1 aromatic carbocycles. The van der Waals surface area contributed by atoms with Crippen molar-refractivity contribution < 1.29 is 4.39 Å². The Labute approximate surface area is 119 Å². The van der Waals surface area contributed by atoms with E-state index in [1.54, 1.807) is 0 Å². The van der Waals surface area contributed by atoms with Crippen molar-refractivity contribution >= 4 is 11.0 Å². The largest absolute Gasteiger partial charge is 0.329 e. The van der Waals surface area contributed by atoms with Crippen LogP contribution in [-0.2, 0) is 5.41 Å². The molecule has 1 saturated carbocycles. The highest BCUT2D eigenvalue weighted by atomic mass is 19.1. The molecule has 1 fully saturated rings. The van der Waals surface area contributed by atoms with Gasteiger partial charge in [-0.25, -0.2) is 9.37 Å². The topological polar surface area (TPSA) is 43.8 Å². The van der Waals surface area contributed by atoms with Gasteiger partial charge in [-0.3, -0.25) is 0 Å². The number of halogens is 1. The molecular weight excluding hydrogens is 253 g/mol. The summed E-state index contributed by atoms with van der Waals surface area (Å²) in [7, 11) is 0. The van der Waals surface area contributed by atoms with E-state index in [0.717, 1.165) is 29.7 Å². The Hall–Kier alpha value is -1.42. The Morgan fingerprint density at radius 3 is 2.60 bits per heavy atom. The number of hydrogen-bond donors (Lipinski definition) is 1. The second-order valence-electron chi connectivity index (χ2n) is 5.86. The molecule has 1 aliphatic rings. The molecule has 2 aromatic rings. The van der Waals surface area contributed by atoms with Crippen molar-refractivity contribution in [3.8, 4) is 0 Å². The van der Waals surface area contributed by atoms with Crippen LogP contribution >= 0.6 is 0 Å². The molecule has 0 aliphatic heterocycles. The fourth-order valence-corrected chi connectivity index (χ4v) is 3.09. The average Bonchev–Trinajstić information content (AvgIpc) is 3.23. The Morgan fingerprint density at radius 2 is 2.05 bits per heavy atom. The number of nitrogens with zero attached hydrogens (tertiary/aromatic N) is 2. The summed E-state index contributed by atoms with van der Waals surface area (Å²) in [6.45, 7) is 4.90. The van der Waals surface area contributed by atoms with Crippen molar-refractivity contribution in [3.63, 3.8) is 0 Å². The number of aromatic nitrogens is 2. The molecule has 0 radical (unpaired) electrons. The van der Waals surface area contributed by atoms with Crippen LogP contribution in [0.2, 0.25) is 0 Å². The number of fused-ring (bicyclic) bond motifs is 1. The molecule has 0 amide bonds. The molecule has 20 heavy (non-hydrogen) atoms. The van der Waals surface area contributed by atoms with E-state index in [0.29, 0.717) is 12.6 Å². The lowest BCUT2D eigenvalue weighted by Gasteiger charge is -2.30. The van der Waals surface area contributed by atoms with Gasteiger partial charge >= 0.3 is 0 Å². The molecule has 4 heteroatoms. The van der Waals surface area contributed by atoms with Crippen molar-refractivity contribution in [2.45, 2.75) is 51.0 Å². The Morgan fingerprint density at radius 1 is 1.35 bits per heavy atom. The molecule has 0 saturated heterocycles. The Bertz CT molecular complexity index is 616. The van der Waals surface area contributed by atoms with Crippen molar-refractivity contribution in [1.82, 2.24) is 9.55 Å². The summed E-state index contributed by atoms with van der Waals surface area (Å²) in [5.74, 6) is 0.823. The normalized spacial score (nSPS) is 16.0. The van der Waals surface area contributed by atoms with Gasteiger partial charge in [0.25, 0.3) is 0 Å². The van der Waals surface area contributed by atoms with Gasteiger partial charge in [-0.05, 0) is 37.8 Å². The maximum Gasteiger partial charge on any atom is 0.125 e. The summed E-state index contributed by atoms with van der Waals surface area (Å²) in [5.41, 5.74) is 7.78. The highest BCUT2D eigenvalue weighted by molar-refractivity contribution is 5.76. The zero-order chi connectivity index (χ0) is 14.3. The van der Waals surface area contributed by atoms with Gasteiger partial charge in [0.05, 0.1) is 11.0 Å². The molecule has 108 valence electrons. The summed E-state index contributed by atoms with van der Waals surface area (Å²) in [5, 5.41) is 0. The Balaban J connectivity index is 2.26. The minimum atomic E-state index is -0.226. The molecule has 3 nitrogen and oxygen atoms in total. The third-order valence-electron chi connectivity index (χ3n) is 4.78. The molecule has 0 bridgehead atoms. The molecule has 1 aromatic heterocycles. The smallest absolute Gasteiger partial charge is 0.125 e. The first-order chi connectivity index (χ1) is 9.65. The van der Waals surface area contributed by atoms with E-state index < -0.39 is 0 Å². The number of imidazole rings is 1. The van der Waals surface area contributed by atoms with Gasteiger partial charge in [0.1, 0.15) is 11.6 Å². The average molecular weight is 275 g/mol. The van der Waals surface area contributed by atoms with Crippen LogP contribution in [0, 0.1) is 5.82 Å². The molecule has 3 rings (SSSR count). The van der Waals surface area contributed by atoms with Crippen LogP contribution < -0.4 is 5.73 Å². The molecule has 1 aliphatic carbocycles. The van der Waals surface area contributed by atoms with Gasteiger partial charge < -0.3 is 10.3 Å². The summed E-state index contributed by atoms with van der Waals surface area (Å²) >= 11 is 0. The summed E-state index contributed by atoms with van der Waals surface area (Å²) in [6.07, 6.45) is 4.28. The quantitative estimate of drug-likeness (QED) is 0.907. The summed E-state index contributed by atoms with van der Waals surface area (Å²) in [4.78, 5) is 4.76. The summed E-state index contributed by atoms with van der Waals surface area (Å²) < 4.78 is 15.8. The molecule has 0 atom stereocenters. The monoisotopic (exact) mass is 275 g/mol. The van der Waals surface area contributed by atoms with E-state index in [4.69, 9.17) is 10.7 Å². The van der Waals surface area contributed by atoms with Crippen LogP contribution in [-0.4, -0.2) is 16.1 Å². The van der Waals surface area contributed by atoms with E-state index >= 15 is 0 Å². The highest BCUT2D eigenvalue weighted by Crippen LogP contribution is 2.43. The van der Waals surface area contributed by atoms with E-state index in [9.17, 15) is 4.39 Å². The van der Waals surface area contributed by atoms with Crippen molar-refractivity contribution in [3.05, 3.63) is 29.8 Å². The van der Waals surface area contributed by atoms with Gasteiger partial charge in [0.2, 0.25) is 0 Å². The SMILES string of the molecule is CCC(CC)(CN)c1nc2cc(F)ccc2n1C1CC1. The van der Waals surface area contributed by atoms with Crippen molar-refractivity contribution in [2.75, 3.05) is 6.54 Å². The Kier molecular flexibility index (Phi) is 3.28. The second-order valence-corrected chi connectivity index (χ2v) is 5.86. The lowest BCUT2D eigenvalue weighted by Crippen LogP contribution is -2.36. The van der Waals surface area contributed by atoms with Crippen LogP contribution in [0.5, 0.6) is 0 Å². The van der Waals surface area contributed by atoms with Crippen molar-refractivity contribution in [2.24, 2.45) is 5.73 Å². The van der Waals surface area contributed by atoms with E-state index in [1.807, 2.05) is 6.07 Å². The van der Waals surface area contributed by atoms with Gasteiger partial charge in [-0.1, -0.05) is 13.8 Å². The number of benzene rings is 1. The van der Waals surface area contributed by atoms with E-state index in [-0.39, 0.29) is 11.2 Å². The van der Waals surface area contributed by atoms with E-state index in [1.165, 1.54) is 25.0 Å². The molecule has 1 heterocycles. The number of rotatable bonds is 5. The van der Waals surface area contributed by atoms with E-state index in [2.05, 4.69) is 18.4 Å². The standard InChI is InChI=1S/C16H22FN3/c1-3-16(4-2,10-18)15-19-13-9-11(17)5-8-14(13)20(15)12-6-7-12/h5,8-9,12H,3-4,6-7,10,18H2,1-2H3. The first kappa shape index (κ1) is 13.6. The third kappa shape index (κ3) is 1.94. The number of nitrogens with two attached hydrogens (primary N) is 1. The van der Waals surface area contributed by atoms with Crippen LogP contribution in [0.1, 0.15) is 51.4 Å². The fourth-order valence-electron chi connectivity index (χ4n) is 3.09. The molecule has 0 unspecified atom stereocenters. The highest BCUT2D eigenvalue weighted by Gasteiger charge is 2.37. The first-order valence-corrected chi connectivity index (χ1v) is 7.53. The first-order valence-electron chi connectivity index (χ1n) is 7.53. The van der Waals surface area contributed by atoms with Gasteiger partial charge in [-0.2, -0.15) is 0 Å². The van der Waals surface area contributed by atoms with Crippen molar-refractivity contribution in [1.29, 1.82) is 0 Å². The maximum atomic E-state index is 13.5. The zero-order valence-corrected chi connectivity index (χ0v) is 12.2. The lowest BCUT2D eigenvalue weighted by atomic mass is 9.81. The second kappa shape index (κ2) is 4.85. The van der Waals surface area contributed by atoms with Gasteiger partial charge in [0, 0.05) is 24.1 Å². The fraction of sp³-hybridized carbons (Fsp3) is 0.562. The maximum absolute atomic E-state index is 13.5. The van der Waals surface area contributed by atoms with Crippen LogP contribution in [0.3, 0.4) is 0 Å². The minimum Gasteiger partial charge on any atom is -0.329 e. The van der Waals surface area contributed by atoms with Crippen LogP contribution in [0.4, 0.5) is 4.39 Å². The number of hydrogen-bond acceptors (Lipinski definition) is 2.